The molecule has 128 valence electrons. The molecule has 0 heterocycles. The molecule has 5 rings (SSSR count). The molecule has 0 radical (unpaired) electrons. The topological polar surface area (TPSA) is 81.4 Å². The molecule has 3 N–H and O–H groups in total. The van der Waals surface area contributed by atoms with Gasteiger partial charge in [0.05, 0.1) is 5.41 Å². The number of anilines is 1. The van der Waals surface area contributed by atoms with Crippen molar-refractivity contribution < 1.29 is 14.3 Å². The van der Waals surface area contributed by atoms with Gasteiger partial charge in [0.15, 0.2) is 6.61 Å². The molecular formula is C19H24N2O3. The molecule has 4 saturated carbocycles. The number of benzene rings is 1. The Balaban J connectivity index is 1.46. The number of ether oxygens (including phenoxy) is 1. The second kappa shape index (κ2) is 5.80. The van der Waals surface area contributed by atoms with E-state index in [4.69, 9.17) is 10.5 Å². The summed E-state index contributed by atoms with van der Waals surface area (Å²) in [5, 5.41) is 3.09. The Hall–Kier alpha value is -2.04. The van der Waals surface area contributed by atoms with Gasteiger partial charge in [-0.3, -0.25) is 9.59 Å². The number of nitrogens with one attached hydrogen (secondary N) is 1. The smallest absolute Gasteiger partial charge is 0.255 e. The van der Waals surface area contributed by atoms with Crippen LogP contribution in [0.4, 0.5) is 5.69 Å². The lowest BCUT2D eigenvalue weighted by Gasteiger charge is -2.55. The number of carbonyl (C=O) groups excluding carboxylic acids is 2. The Kier molecular flexibility index (Phi) is 3.74. The van der Waals surface area contributed by atoms with E-state index in [0.717, 1.165) is 42.7 Å². The zero-order valence-electron chi connectivity index (χ0n) is 13.8. The highest BCUT2D eigenvalue weighted by Crippen LogP contribution is 2.60. The molecule has 5 heteroatoms. The Bertz CT molecular complexity index is 635. The molecule has 0 aromatic heterocycles. The molecule has 0 saturated heterocycles. The first-order chi connectivity index (χ1) is 11.5. The van der Waals surface area contributed by atoms with E-state index in [1.54, 1.807) is 12.1 Å². The van der Waals surface area contributed by atoms with E-state index in [0.29, 0.717) is 5.75 Å². The van der Waals surface area contributed by atoms with Gasteiger partial charge >= 0.3 is 0 Å². The largest absolute Gasteiger partial charge is 0.484 e. The zero-order valence-corrected chi connectivity index (χ0v) is 13.8. The van der Waals surface area contributed by atoms with Crippen molar-refractivity contribution in [3.63, 3.8) is 0 Å². The normalized spacial score (nSPS) is 33.2. The van der Waals surface area contributed by atoms with Gasteiger partial charge < -0.3 is 15.8 Å². The van der Waals surface area contributed by atoms with E-state index in [1.807, 2.05) is 12.1 Å². The highest BCUT2D eigenvalue weighted by Gasteiger charge is 2.54. The second-order valence-corrected chi connectivity index (χ2v) is 7.93. The summed E-state index contributed by atoms with van der Waals surface area (Å²) in [6.07, 6.45) is 7.10. The van der Waals surface area contributed by atoms with Crippen molar-refractivity contribution in [1.82, 2.24) is 0 Å². The standard InChI is InChI=1S/C19H24N2O3/c20-17(22)11-24-16-3-1-2-15(7-16)21-18(23)19-8-12-4-13(9-19)6-14(5-12)10-19/h1-3,7,12-14H,4-6,8-11H2,(H2,20,22)(H,21,23). The molecule has 0 aliphatic heterocycles. The Morgan fingerprint density at radius 3 is 2.33 bits per heavy atom. The Morgan fingerprint density at radius 1 is 1.12 bits per heavy atom. The van der Waals surface area contributed by atoms with Crippen LogP contribution in [0.15, 0.2) is 24.3 Å². The number of hydrogen-bond donors (Lipinski definition) is 2. The molecule has 4 bridgehead atoms. The SMILES string of the molecule is NC(=O)COc1cccc(NC(=O)C23CC4CC(CC(C4)C2)C3)c1. The van der Waals surface area contributed by atoms with Crippen molar-refractivity contribution in [3.8, 4) is 5.75 Å². The van der Waals surface area contributed by atoms with Crippen LogP contribution in [0.3, 0.4) is 0 Å². The first kappa shape index (κ1) is 15.5. The summed E-state index contributed by atoms with van der Waals surface area (Å²) in [7, 11) is 0. The summed E-state index contributed by atoms with van der Waals surface area (Å²) in [6, 6.07) is 7.17. The Labute approximate surface area is 141 Å². The molecule has 4 aliphatic carbocycles. The fourth-order valence-corrected chi connectivity index (χ4v) is 5.47. The maximum atomic E-state index is 13.0. The third-order valence-electron chi connectivity index (χ3n) is 5.99. The molecular weight excluding hydrogens is 304 g/mol. The quantitative estimate of drug-likeness (QED) is 0.872. The highest BCUT2D eigenvalue weighted by atomic mass is 16.5. The minimum absolute atomic E-state index is 0.160. The lowest BCUT2D eigenvalue weighted by Crippen LogP contribution is -2.51. The molecule has 1 aromatic rings. The molecule has 5 nitrogen and oxygen atoms in total. The van der Waals surface area contributed by atoms with Crippen LogP contribution in [-0.2, 0) is 9.59 Å². The van der Waals surface area contributed by atoms with E-state index in [9.17, 15) is 9.59 Å². The Morgan fingerprint density at radius 2 is 1.75 bits per heavy atom. The van der Waals surface area contributed by atoms with Crippen LogP contribution in [0.25, 0.3) is 0 Å². The van der Waals surface area contributed by atoms with E-state index >= 15 is 0 Å². The minimum atomic E-state index is -0.516. The maximum Gasteiger partial charge on any atom is 0.255 e. The van der Waals surface area contributed by atoms with Gasteiger partial charge in [0.2, 0.25) is 5.91 Å². The molecule has 0 spiro atoms. The molecule has 4 fully saturated rings. The molecule has 0 atom stereocenters. The van der Waals surface area contributed by atoms with Crippen molar-refractivity contribution >= 4 is 17.5 Å². The van der Waals surface area contributed by atoms with Crippen molar-refractivity contribution in [2.24, 2.45) is 28.9 Å². The average molecular weight is 328 g/mol. The first-order valence-electron chi connectivity index (χ1n) is 8.85. The van der Waals surface area contributed by atoms with Gasteiger partial charge in [-0.1, -0.05) is 6.07 Å². The van der Waals surface area contributed by atoms with E-state index in [2.05, 4.69) is 5.32 Å². The molecule has 24 heavy (non-hydrogen) atoms. The van der Waals surface area contributed by atoms with Crippen molar-refractivity contribution in [2.75, 3.05) is 11.9 Å². The average Bonchev–Trinajstić information content (AvgIpc) is 2.52. The number of hydrogen-bond acceptors (Lipinski definition) is 3. The number of primary amides is 1. The summed E-state index contributed by atoms with van der Waals surface area (Å²) >= 11 is 0. The van der Waals surface area contributed by atoms with Crippen LogP contribution in [0.2, 0.25) is 0 Å². The fraction of sp³-hybridized carbons (Fsp3) is 0.579. The van der Waals surface area contributed by atoms with E-state index in [-0.39, 0.29) is 17.9 Å². The van der Waals surface area contributed by atoms with Crippen LogP contribution < -0.4 is 15.8 Å². The van der Waals surface area contributed by atoms with Crippen molar-refractivity contribution in [2.45, 2.75) is 38.5 Å². The van der Waals surface area contributed by atoms with Crippen LogP contribution in [0, 0.1) is 23.2 Å². The lowest BCUT2D eigenvalue weighted by atomic mass is 9.49. The molecule has 1 aromatic carbocycles. The van der Waals surface area contributed by atoms with Gasteiger partial charge in [0, 0.05) is 11.8 Å². The summed E-state index contributed by atoms with van der Waals surface area (Å²) < 4.78 is 5.31. The number of rotatable bonds is 5. The van der Waals surface area contributed by atoms with Crippen molar-refractivity contribution in [3.05, 3.63) is 24.3 Å². The second-order valence-electron chi connectivity index (χ2n) is 7.93. The summed E-state index contributed by atoms with van der Waals surface area (Å²) in [5.74, 6) is 2.41. The third kappa shape index (κ3) is 2.87. The van der Waals surface area contributed by atoms with E-state index < -0.39 is 5.91 Å². The van der Waals surface area contributed by atoms with Crippen LogP contribution >= 0.6 is 0 Å². The maximum absolute atomic E-state index is 13.0. The first-order valence-corrected chi connectivity index (χ1v) is 8.85. The van der Waals surface area contributed by atoms with Gasteiger partial charge in [-0.05, 0) is 68.4 Å². The van der Waals surface area contributed by atoms with Crippen LogP contribution in [0.5, 0.6) is 5.75 Å². The van der Waals surface area contributed by atoms with Gasteiger partial charge in [0.1, 0.15) is 5.75 Å². The van der Waals surface area contributed by atoms with E-state index in [1.165, 1.54) is 19.3 Å². The summed E-state index contributed by atoms with van der Waals surface area (Å²) in [5.41, 5.74) is 5.65. The predicted molar refractivity (Wildman–Crippen MR) is 90.4 cm³/mol. The van der Waals surface area contributed by atoms with Crippen LogP contribution in [0.1, 0.15) is 38.5 Å². The minimum Gasteiger partial charge on any atom is -0.484 e. The zero-order chi connectivity index (χ0) is 16.7. The van der Waals surface area contributed by atoms with Gasteiger partial charge in [-0.25, -0.2) is 0 Å². The fourth-order valence-electron chi connectivity index (χ4n) is 5.47. The summed E-state index contributed by atoms with van der Waals surface area (Å²) in [6.45, 7) is -0.160. The third-order valence-corrected chi connectivity index (χ3v) is 5.99. The molecule has 0 unspecified atom stereocenters. The summed E-state index contributed by atoms with van der Waals surface area (Å²) in [4.78, 5) is 23.8. The molecule has 4 aliphatic rings. The number of nitrogens with two attached hydrogens (primary N) is 1. The van der Waals surface area contributed by atoms with Gasteiger partial charge in [-0.15, -0.1) is 0 Å². The van der Waals surface area contributed by atoms with Crippen molar-refractivity contribution in [1.29, 1.82) is 0 Å². The number of carbonyl (C=O) groups is 2. The predicted octanol–water partition coefficient (Wildman–Crippen LogP) is 2.71. The molecule has 2 amide bonds. The highest BCUT2D eigenvalue weighted by molar-refractivity contribution is 5.95. The number of amides is 2. The monoisotopic (exact) mass is 328 g/mol. The lowest BCUT2D eigenvalue weighted by molar-refractivity contribution is -0.140. The van der Waals surface area contributed by atoms with Gasteiger partial charge in [-0.2, -0.15) is 0 Å². The van der Waals surface area contributed by atoms with Gasteiger partial charge in [0.25, 0.3) is 5.91 Å². The van der Waals surface area contributed by atoms with Crippen LogP contribution in [-0.4, -0.2) is 18.4 Å².